The summed E-state index contributed by atoms with van der Waals surface area (Å²) in [6.07, 6.45) is 13.3. The lowest BCUT2D eigenvalue weighted by Gasteiger charge is -2.00. The molecular weight excluding hydrogens is 577 g/mol. The molecule has 4 nitrogen and oxygen atoms in total. The van der Waals surface area contributed by atoms with E-state index in [1.165, 1.54) is 43.3 Å². The normalized spacial score (nSPS) is 11.5. The van der Waals surface area contributed by atoms with Crippen molar-refractivity contribution < 1.29 is 9.13 Å². The molecule has 2 heterocycles. The summed E-state index contributed by atoms with van der Waals surface area (Å²) in [5.74, 6) is 0. The quantitative estimate of drug-likeness (QED) is 0.109. The van der Waals surface area contributed by atoms with Gasteiger partial charge >= 0.3 is 0 Å². The third-order valence-electron chi connectivity index (χ3n) is 7.70. The number of nitriles is 2. The molecule has 2 aromatic heterocycles. The van der Waals surface area contributed by atoms with E-state index in [1.54, 1.807) is 0 Å². The maximum Gasteiger partial charge on any atom is 0.262 e. The average Bonchev–Trinajstić information content (AvgIpc) is 3.62. The Bertz CT molecular complexity index is 1880. The Morgan fingerprint density at radius 2 is 0.909 bits per heavy atom. The molecule has 0 unspecified atom stereocenters. The third-order valence-corrected chi connectivity index (χ3v) is 9.96. The fraction of sp³-hybridized carbons (Fsp3) is 0.158. The molecular formula is C38H32N4S2+2. The van der Waals surface area contributed by atoms with Crippen molar-refractivity contribution in [1.82, 2.24) is 0 Å². The minimum absolute atomic E-state index is 0.681. The Balaban J connectivity index is 1.09. The van der Waals surface area contributed by atoms with Gasteiger partial charge in [0.25, 0.3) is 10.0 Å². The summed E-state index contributed by atoms with van der Waals surface area (Å²) in [5.41, 5.74) is 6.13. The van der Waals surface area contributed by atoms with Gasteiger partial charge in [0.05, 0.1) is 23.3 Å². The van der Waals surface area contributed by atoms with Gasteiger partial charge in [-0.15, -0.1) is 0 Å². The number of aryl methyl sites for hydroxylation is 2. The van der Waals surface area contributed by atoms with Gasteiger partial charge in [-0.1, -0.05) is 71.2 Å². The summed E-state index contributed by atoms with van der Waals surface area (Å²) in [5, 5.41) is 20.7. The van der Waals surface area contributed by atoms with E-state index in [0.717, 1.165) is 37.1 Å². The molecule has 0 N–H and O–H groups in total. The highest BCUT2D eigenvalue weighted by Crippen LogP contribution is 2.24. The summed E-state index contributed by atoms with van der Waals surface area (Å²) in [6, 6.07) is 37.1. The average molecular weight is 609 g/mol. The van der Waals surface area contributed by atoms with Crippen LogP contribution < -0.4 is 9.13 Å². The Kier molecular flexibility index (Phi) is 9.33. The second kappa shape index (κ2) is 14.1. The topological polar surface area (TPSA) is 55.3 Å². The van der Waals surface area contributed by atoms with E-state index in [1.807, 2.05) is 71.2 Å². The van der Waals surface area contributed by atoms with Gasteiger partial charge in [0.1, 0.15) is 9.40 Å². The first-order chi connectivity index (χ1) is 21.7. The number of thiazole rings is 2. The van der Waals surface area contributed by atoms with Crippen LogP contribution in [-0.2, 0) is 13.1 Å². The van der Waals surface area contributed by atoms with Crippen LogP contribution in [0.5, 0.6) is 0 Å². The molecule has 0 saturated heterocycles. The number of para-hydroxylation sites is 2. The van der Waals surface area contributed by atoms with E-state index in [4.69, 9.17) is 10.5 Å². The Hall–Kier alpha value is -4.88. The molecule has 0 amide bonds. The van der Waals surface area contributed by atoms with E-state index in [2.05, 4.69) is 94.1 Å². The molecule has 0 aliphatic carbocycles. The van der Waals surface area contributed by atoms with Gasteiger partial charge < -0.3 is 0 Å². The van der Waals surface area contributed by atoms with Gasteiger partial charge in [0.15, 0.2) is 13.1 Å². The van der Waals surface area contributed by atoms with E-state index in [0.29, 0.717) is 11.1 Å². The molecule has 0 bridgehead atoms. The lowest BCUT2D eigenvalue weighted by molar-refractivity contribution is -0.670. The molecule has 214 valence electrons. The standard InChI is InChI=1S/C38H32N4S2/c39-27-31-17-13-29(14-18-31)21-23-37-41(33-9-3-5-11-35(33)43-37)25-7-1-2-8-26-42-34-10-4-6-12-36(34)44-38(42)24-22-30-15-19-32(28-40)20-16-30/h3-6,9-24H,1-2,7-8,25-26H2/q+2/b23-21+,24-22+. The van der Waals surface area contributed by atoms with Crippen LogP contribution in [0.2, 0.25) is 0 Å². The predicted molar refractivity (Wildman–Crippen MR) is 183 cm³/mol. The van der Waals surface area contributed by atoms with Crippen molar-refractivity contribution >= 4 is 67.4 Å². The van der Waals surface area contributed by atoms with Crippen LogP contribution in [0.3, 0.4) is 0 Å². The first-order valence-corrected chi connectivity index (χ1v) is 16.5. The van der Waals surface area contributed by atoms with Crippen LogP contribution >= 0.6 is 22.7 Å². The molecule has 6 aromatic rings. The van der Waals surface area contributed by atoms with Gasteiger partial charge in [-0.25, -0.2) is 0 Å². The SMILES string of the molecule is N#Cc1ccc(/C=C/c2sc3ccccc3[n+]2CCCCCC[n+]2c(/C=C/c3ccc(C#N)cc3)sc3ccccc32)cc1. The number of benzene rings is 4. The number of fused-ring (bicyclic) bond motifs is 2. The fourth-order valence-electron chi connectivity index (χ4n) is 5.38. The van der Waals surface area contributed by atoms with Crippen molar-refractivity contribution in [1.29, 1.82) is 10.5 Å². The van der Waals surface area contributed by atoms with Crippen LogP contribution in [0.25, 0.3) is 44.7 Å². The number of aromatic nitrogens is 2. The first kappa shape index (κ1) is 29.2. The van der Waals surface area contributed by atoms with Crippen LogP contribution in [0.1, 0.15) is 58.0 Å². The van der Waals surface area contributed by atoms with Crippen molar-refractivity contribution in [3.63, 3.8) is 0 Å². The van der Waals surface area contributed by atoms with Crippen molar-refractivity contribution in [2.24, 2.45) is 0 Å². The second-order valence-electron chi connectivity index (χ2n) is 10.7. The lowest BCUT2D eigenvalue weighted by atomic mass is 10.1. The minimum Gasteiger partial charge on any atom is -0.192 e. The Morgan fingerprint density at radius 3 is 1.32 bits per heavy atom. The minimum atomic E-state index is 0.681. The second-order valence-corrected chi connectivity index (χ2v) is 12.8. The van der Waals surface area contributed by atoms with Crippen molar-refractivity contribution in [2.75, 3.05) is 0 Å². The molecule has 0 fully saturated rings. The molecule has 4 aromatic carbocycles. The molecule has 6 heteroatoms. The number of unbranched alkanes of at least 4 members (excludes halogenated alkanes) is 3. The van der Waals surface area contributed by atoms with E-state index in [9.17, 15) is 0 Å². The zero-order chi connectivity index (χ0) is 30.1. The van der Waals surface area contributed by atoms with Gasteiger partial charge in [-0.05, 0) is 72.5 Å². The van der Waals surface area contributed by atoms with Gasteiger partial charge in [-0.2, -0.15) is 19.7 Å². The highest BCUT2D eigenvalue weighted by Gasteiger charge is 2.19. The van der Waals surface area contributed by atoms with E-state index in [-0.39, 0.29) is 0 Å². The summed E-state index contributed by atoms with van der Waals surface area (Å²) in [4.78, 5) is 0. The number of hydrogen-bond donors (Lipinski definition) is 0. The molecule has 0 aliphatic heterocycles. The van der Waals surface area contributed by atoms with Crippen LogP contribution in [-0.4, -0.2) is 0 Å². The molecule has 0 atom stereocenters. The third kappa shape index (κ3) is 6.84. The van der Waals surface area contributed by atoms with E-state index < -0.39 is 0 Å². The maximum absolute atomic E-state index is 9.09. The maximum atomic E-state index is 9.09. The zero-order valence-corrected chi connectivity index (χ0v) is 26.0. The van der Waals surface area contributed by atoms with Gasteiger partial charge in [0, 0.05) is 37.1 Å². The number of nitrogens with zero attached hydrogens (tertiary/aromatic N) is 4. The summed E-state index contributed by atoms with van der Waals surface area (Å²) >= 11 is 3.65. The monoisotopic (exact) mass is 608 g/mol. The van der Waals surface area contributed by atoms with Gasteiger partial charge in [-0.3, -0.25) is 0 Å². The predicted octanol–water partition coefficient (Wildman–Crippen LogP) is 9.04. The van der Waals surface area contributed by atoms with E-state index >= 15 is 0 Å². The highest BCUT2D eigenvalue weighted by atomic mass is 32.1. The fourth-order valence-corrected chi connectivity index (χ4v) is 7.56. The number of hydrogen-bond acceptors (Lipinski definition) is 4. The molecule has 0 radical (unpaired) electrons. The highest BCUT2D eigenvalue weighted by molar-refractivity contribution is 7.19. The van der Waals surface area contributed by atoms with Crippen molar-refractivity contribution in [3.05, 3.63) is 129 Å². The van der Waals surface area contributed by atoms with Crippen LogP contribution in [0.4, 0.5) is 0 Å². The molecule has 0 saturated carbocycles. The molecule has 0 spiro atoms. The van der Waals surface area contributed by atoms with Crippen LogP contribution in [0, 0.1) is 22.7 Å². The van der Waals surface area contributed by atoms with Crippen molar-refractivity contribution in [3.8, 4) is 12.1 Å². The summed E-state index contributed by atoms with van der Waals surface area (Å²) in [6.45, 7) is 1.98. The molecule has 6 rings (SSSR count). The molecule has 44 heavy (non-hydrogen) atoms. The Morgan fingerprint density at radius 1 is 0.500 bits per heavy atom. The number of rotatable bonds is 11. The smallest absolute Gasteiger partial charge is 0.192 e. The summed E-state index contributed by atoms with van der Waals surface area (Å²) in [7, 11) is 0. The van der Waals surface area contributed by atoms with Gasteiger partial charge in [0.2, 0.25) is 11.0 Å². The van der Waals surface area contributed by atoms with Crippen LogP contribution in [0.15, 0.2) is 97.1 Å². The first-order valence-electron chi connectivity index (χ1n) is 14.9. The lowest BCUT2D eigenvalue weighted by Crippen LogP contribution is -2.35. The molecule has 0 aliphatic rings. The largest absolute Gasteiger partial charge is 0.262 e. The summed E-state index contributed by atoms with van der Waals surface area (Å²) < 4.78 is 7.50. The zero-order valence-electron chi connectivity index (χ0n) is 24.4. The Labute approximate surface area is 266 Å². The van der Waals surface area contributed by atoms with Crippen molar-refractivity contribution in [2.45, 2.75) is 38.8 Å².